The van der Waals surface area contributed by atoms with Crippen molar-refractivity contribution in [3.8, 4) is 17.6 Å². The molecule has 0 saturated carbocycles. The number of ether oxygens (including phenoxy) is 1. The van der Waals surface area contributed by atoms with Crippen molar-refractivity contribution in [3.05, 3.63) is 53.1 Å². The first-order valence-electron chi connectivity index (χ1n) is 14.3. The van der Waals surface area contributed by atoms with Crippen LogP contribution in [0.15, 0.2) is 30.6 Å². The minimum absolute atomic E-state index is 0.0629. The average Bonchev–Trinajstić information content (AvgIpc) is 3.37. The van der Waals surface area contributed by atoms with Gasteiger partial charge in [-0.25, -0.2) is 18.2 Å². The van der Waals surface area contributed by atoms with Crippen LogP contribution in [0.5, 0.6) is 5.75 Å². The van der Waals surface area contributed by atoms with E-state index < -0.39 is 54.8 Å². The Hall–Kier alpha value is -4.45. The number of aromatic nitrogens is 2. The van der Waals surface area contributed by atoms with Gasteiger partial charge >= 0.3 is 6.18 Å². The summed E-state index contributed by atoms with van der Waals surface area (Å²) in [5.74, 6) is -0.670. The molecule has 15 heteroatoms. The largest absolute Gasteiger partial charge is 0.494 e. The number of alkyl halides is 5. The van der Waals surface area contributed by atoms with Crippen molar-refractivity contribution in [1.82, 2.24) is 25.1 Å². The van der Waals surface area contributed by atoms with Crippen LogP contribution in [0, 0.1) is 23.6 Å². The molecule has 4 rings (SSSR count). The number of amides is 2. The van der Waals surface area contributed by atoms with Crippen LogP contribution in [0.4, 0.5) is 32.0 Å². The van der Waals surface area contributed by atoms with Gasteiger partial charge in [-0.1, -0.05) is 18.8 Å². The molecule has 1 aromatic heterocycles. The third-order valence-electron chi connectivity index (χ3n) is 7.66. The van der Waals surface area contributed by atoms with E-state index in [2.05, 4.69) is 32.8 Å². The Balaban J connectivity index is 1.66. The minimum Gasteiger partial charge on any atom is -0.494 e. The summed E-state index contributed by atoms with van der Waals surface area (Å²) in [7, 11) is 2.65. The number of anilines is 1. The number of carbonyl (C=O) groups is 2. The Bertz CT molecular complexity index is 1680. The number of fused-ring (bicyclic) bond motifs is 1. The zero-order chi connectivity index (χ0) is 34.0. The van der Waals surface area contributed by atoms with Crippen LogP contribution in [0.2, 0.25) is 0 Å². The fourth-order valence-corrected chi connectivity index (χ4v) is 5.37. The van der Waals surface area contributed by atoms with Gasteiger partial charge in [-0.15, -0.1) is 0 Å². The smallest absolute Gasteiger partial charge is 0.406 e. The first kappa shape index (κ1) is 34.4. The molecule has 3 aromatic rings. The number of halogens is 6. The number of hydrogen-bond donors (Lipinski definition) is 3. The van der Waals surface area contributed by atoms with Gasteiger partial charge in [0.15, 0.2) is 0 Å². The molecule has 0 spiro atoms. The standard InChI is InChI=1S/C31H34F6N6O3/c1-17(2)42-13-18(3)27(30(33,34)14-42)41-29(45)21-9-19(10-24-26(21)40-16-43(24)15-31(35,36)37)7-6-8-39-23-11-20(28(44)38-4)22(32)12-25(23)46-5/h9-12,16-18,27,39H,8,13-15H2,1-5H3,(H,38,44)(H,41,45)/t18-,27+/m0/s1. The van der Waals surface area contributed by atoms with Crippen molar-refractivity contribution in [1.29, 1.82) is 0 Å². The van der Waals surface area contributed by atoms with E-state index in [4.69, 9.17) is 4.74 Å². The molecule has 9 nitrogen and oxygen atoms in total. The van der Waals surface area contributed by atoms with Crippen LogP contribution >= 0.6 is 0 Å². The first-order valence-corrected chi connectivity index (χ1v) is 14.3. The van der Waals surface area contributed by atoms with E-state index in [0.29, 0.717) is 6.54 Å². The molecular weight excluding hydrogens is 618 g/mol. The Labute approximate surface area is 261 Å². The highest BCUT2D eigenvalue weighted by Crippen LogP contribution is 2.33. The van der Waals surface area contributed by atoms with E-state index in [1.54, 1.807) is 25.7 Å². The lowest BCUT2D eigenvalue weighted by atomic mass is 9.89. The van der Waals surface area contributed by atoms with Crippen LogP contribution in [0.1, 0.15) is 47.1 Å². The lowest BCUT2D eigenvalue weighted by Crippen LogP contribution is -2.63. The predicted molar refractivity (Wildman–Crippen MR) is 160 cm³/mol. The van der Waals surface area contributed by atoms with Crippen molar-refractivity contribution in [2.45, 2.75) is 51.5 Å². The lowest BCUT2D eigenvalue weighted by molar-refractivity contribution is -0.140. The molecule has 3 N–H and O–H groups in total. The second-order valence-electron chi connectivity index (χ2n) is 11.4. The maximum absolute atomic E-state index is 15.2. The fraction of sp³-hybridized carbons (Fsp3) is 0.452. The normalized spacial score (nSPS) is 18.2. The van der Waals surface area contributed by atoms with Crippen molar-refractivity contribution >= 4 is 28.5 Å². The Morgan fingerprint density at radius 2 is 1.87 bits per heavy atom. The third-order valence-corrected chi connectivity index (χ3v) is 7.66. The van der Waals surface area contributed by atoms with Gasteiger partial charge < -0.3 is 25.3 Å². The Kier molecular flexibility index (Phi) is 10.1. The monoisotopic (exact) mass is 652 g/mol. The molecule has 0 unspecified atom stereocenters. The van der Waals surface area contributed by atoms with E-state index in [9.17, 15) is 27.2 Å². The van der Waals surface area contributed by atoms with E-state index in [-0.39, 0.29) is 51.7 Å². The lowest BCUT2D eigenvalue weighted by Gasteiger charge is -2.44. The number of piperidine rings is 1. The zero-order valence-electron chi connectivity index (χ0n) is 25.8. The number of likely N-dealkylation sites (tertiary alicyclic amines) is 1. The van der Waals surface area contributed by atoms with Gasteiger partial charge in [0.1, 0.15) is 23.6 Å². The molecule has 248 valence electrons. The molecule has 0 aliphatic carbocycles. The second-order valence-corrected chi connectivity index (χ2v) is 11.4. The number of hydrogen-bond acceptors (Lipinski definition) is 6. The first-order chi connectivity index (χ1) is 21.5. The molecule has 2 atom stereocenters. The van der Waals surface area contributed by atoms with E-state index in [1.807, 2.05) is 0 Å². The zero-order valence-corrected chi connectivity index (χ0v) is 25.8. The number of rotatable bonds is 8. The molecule has 46 heavy (non-hydrogen) atoms. The molecule has 1 aliphatic rings. The molecule has 0 bridgehead atoms. The second kappa shape index (κ2) is 13.5. The number of carbonyl (C=O) groups excluding carboxylic acids is 2. The summed E-state index contributed by atoms with van der Waals surface area (Å²) in [5, 5.41) is 7.64. The van der Waals surface area contributed by atoms with Gasteiger partial charge in [-0.2, -0.15) is 13.2 Å². The van der Waals surface area contributed by atoms with Gasteiger partial charge in [0.05, 0.1) is 54.9 Å². The highest BCUT2D eigenvalue weighted by molar-refractivity contribution is 6.05. The summed E-state index contributed by atoms with van der Waals surface area (Å²) >= 11 is 0. The molecule has 0 radical (unpaired) electrons. The number of nitrogens with one attached hydrogen (secondary N) is 3. The number of benzene rings is 2. The van der Waals surface area contributed by atoms with Crippen molar-refractivity contribution in [2.24, 2.45) is 5.92 Å². The topological polar surface area (TPSA) is 101 Å². The SMILES string of the molecule is CNC(=O)c1cc(NCC#Cc2cc(C(=O)N[C@@H]3[C@@H](C)CN(C(C)C)CC3(F)F)c3ncn(CC(F)(F)F)c3c2)c(OC)cc1F. The number of imidazole rings is 1. The molecule has 1 saturated heterocycles. The van der Waals surface area contributed by atoms with Gasteiger partial charge in [0.2, 0.25) is 0 Å². The van der Waals surface area contributed by atoms with Crippen molar-refractivity contribution < 1.29 is 40.7 Å². The van der Waals surface area contributed by atoms with Crippen LogP contribution in [-0.2, 0) is 6.54 Å². The van der Waals surface area contributed by atoms with E-state index in [0.717, 1.165) is 17.0 Å². The fourth-order valence-electron chi connectivity index (χ4n) is 5.37. The number of methoxy groups -OCH3 is 1. The summed E-state index contributed by atoms with van der Waals surface area (Å²) < 4.78 is 90.7. The van der Waals surface area contributed by atoms with Gasteiger partial charge in [-0.05, 0) is 38.0 Å². The summed E-state index contributed by atoms with van der Waals surface area (Å²) in [6.07, 6.45) is -3.68. The van der Waals surface area contributed by atoms with Crippen molar-refractivity contribution in [2.75, 3.05) is 39.1 Å². The molecule has 2 amide bonds. The quantitative estimate of drug-likeness (QED) is 0.242. The maximum Gasteiger partial charge on any atom is 0.406 e. The molecule has 1 fully saturated rings. The summed E-state index contributed by atoms with van der Waals surface area (Å²) in [5.41, 5.74) is -0.247. The molecule has 2 heterocycles. The maximum atomic E-state index is 15.2. The molecule has 1 aliphatic heterocycles. The van der Waals surface area contributed by atoms with Crippen LogP contribution < -0.4 is 20.7 Å². The summed E-state index contributed by atoms with van der Waals surface area (Å²) in [4.78, 5) is 31.1. The van der Waals surface area contributed by atoms with Gasteiger partial charge in [0.25, 0.3) is 17.7 Å². The highest BCUT2D eigenvalue weighted by Gasteiger charge is 2.49. The van der Waals surface area contributed by atoms with Gasteiger partial charge in [-0.3, -0.25) is 14.5 Å². The molecule has 2 aromatic carbocycles. The van der Waals surface area contributed by atoms with Crippen LogP contribution in [0.3, 0.4) is 0 Å². The summed E-state index contributed by atoms with van der Waals surface area (Å²) in [6, 6.07) is 3.21. The average molecular weight is 653 g/mol. The van der Waals surface area contributed by atoms with Gasteiger partial charge in [0, 0.05) is 31.3 Å². The van der Waals surface area contributed by atoms with E-state index in [1.165, 1.54) is 32.4 Å². The van der Waals surface area contributed by atoms with Crippen molar-refractivity contribution in [3.63, 3.8) is 0 Å². The predicted octanol–water partition coefficient (Wildman–Crippen LogP) is 4.66. The highest BCUT2D eigenvalue weighted by atomic mass is 19.4. The Morgan fingerprint density at radius 3 is 2.48 bits per heavy atom. The minimum atomic E-state index is -4.61. The Morgan fingerprint density at radius 1 is 1.15 bits per heavy atom. The summed E-state index contributed by atoms with van der Waals surface area (Å²) in [6.45, 7) is 3.47. The van der Waals surface area contributed by atoms with Crippen LogP contribution in [0.25, 0.3) is 11.0 Å². The van der Waals surface area contributed by atoms with Crippen LogP contribution in [-0.4, -0.2) is 84.2 Å². The third kappa shape index (κ3) is 7.67. The van der Waals surface area contributed by atoms with E-state index >= 15 is 8.78 Å². The number of nitrogens with zero attached hydrogens (tertiary/aromatic N) is 3. The molecular formula is C31H34F6N6O3.